The molecule has 0 unspecified atom stereocenters. The molecular weight excluding hydrogens is 446 g/mol. The van der Waals surface area contributed by atoms with E-state index in [1.54, 1.807) is 52.0 Å². The molecule has 0 aromatic heterocycles. The van der Waals surface area contributed by atoms with Crippen LogP contribution in [0.25, 0.3) is 0 Å². The normalized spacial score (nSPS) is 15.1. The minimum Gasteiger partial charge on any atom is -0.452 e. The maximum Gasteiger partial charge on any atom is 0.338 e. The molecular formula is C23H27N3O6S. The van der Waals surface area contributed by atoms with Crippen molar-refractivity contribution in [3.8, 4) is 0 Å². The highest BCUT2D eigenvalue weighted by molar-refractivity contribution is 7.89. The number of sulfonamides is 1. The number of hydrogen-bond acceptors (Lipinski definition) is 6. The molecule has 1 N–H and O–H groups in total. The smallest absolute Gasteiger partial charge is 0.338 e. The average molecular weight is 474 g/mol. The number of para-hydroxylation sites is 2. The predicted molar refractivity (Wildman–Crippen MR) is 123 cm³/mol. The lowest BCUT2D eigenvalue weighted by Crippen LogP contribution is -2.59. The molecule has 1 heterocycles. The topological polar surface area (TPSA) is 113 Å². The molecule has 0 radical (unpaired) electrons. The van der Waals surface area contributed by atoms with Gasteiger partial charge in [0, 0.05) is 13.1 Å². The highest BCUT2D eigenvalue weighted by Crippen LogP contribution is 2.36. The van der Waals surface area contributed by atoms with Crippen LogP contribution in [-0.4, -0.2) is 55.7 Å². The number of benzene rings is 2. The summed E-state index contributed by atoms with van der Waals surface area (Å²) in [5, 5.41) is 2.76. The third-order valence-corrected chi connectivity index (χ3v) is 7.54. The fourth-order valence-corrected chi connectivity index (χ4v) is 5.17. The van der Waals surface area contributed by atoms with Gasteiger partial charge in [-0.1, -0.05) is 32.0 Å². The van der Waals surface area contributed by atoms with Crippen LogP contribution >= 0.6 is 0 Å². The number of ether oxygens (including phenoxy) is 1. The number of nitrogens with zero attached hydrogens (tertiary/aromatic N) is 2. The fourth-order valence-electron chi connectivity index (χ4n) is 3.67. The molecule has 0 spiro atoms. The third-order valence-electron chi connectivity index (χ3n) is 5.50. The van der Waals surface area contributed by atoms with Crippen LogP contribution in [0.4, 0.5) is 11.4 Å². The van der Waals surface area contributed by atoms with Crippen LogP contribution in [-0.2, 0) is 24.3 Å². The number of carbonyl (C=O) groups excluding carboxylic acids is 3. The summed E-state index contributed by atoms with van der Waals surface area (Å²) >= 11 is 0. The van der Waals surface area contributed by atoms with Crippen molar-refractivity contribution in [3.63, 3.8) is 0 Å². The van der Waals surface area contributed by atoms with Crippen LogP contribution in [0, 0.1) is 0 Å². The molecule has 2 amide bonds. The first-order valence-electron chi connectivity index (χ1n) is 10.5. The minimum atomic E-state index is -3.75. The zero-order valence-corrected chi connectivity index (χ0v) is 19.8. The first-order valence-corrected chi connectivity index (χ1v) is 12.0. The van der Waals surface area contributed by atoms with Crippen molar-refractivity contribution in [2.24, 2.45) is 0 Å². The second-order valence-electron chi connectivity index (χ2n) is 7.95. The molecule has 1 aliphatic rings. The summed E-state index contributed by atoms with van der Waals surface area (Å²) < 4.78 is 31.9. The van der Waals surface area contributed by atoms with Crippen molar-refractivity contribution in [1.82, 2.24) is 4.31 Å². The molecule has 0 saturated carbocycles. The van der Waals surface area contributed by atoms with Crippen LogP contribution in [0.15, 0.2) is 53.4 Å². The third kappa shape index (κ3) is 4.62. The molecule has 0 fully saturated rings. The number of hydrogen-bond donors (Lipinski definition) is 1. The maximum atomic E-state index is 13.0. The van der Waals surface area contributed by atoms with Crippen molar-refractivity contribution in [2.75, 3.05) is 29.9 Å². The van der Waals surface area contributed by atoms with Gasteiger partial charge in [0.25, 0.3) is 5.91 Å². The highest BCUT2D eigenvalue weighted by atomic mass is 32.2. The number of anilines is 2. The fraction of sp³-hybridized carbons (Fsp3) is 0.348. The van der Waals surface area contributed by atoms with Crippen LogP contribution in [0.3, 0.4) is 0 Å². The van der Waals surface area contributed by atoms with E-state index >= 15 is 0 Å². The molecule has 2 aromatic carbocycles. The summed E-state index contributed by atoms with van der Waals surface area (Å²) in [6.07, 6.45) is 0. The maximum absolute atomic E-state index is 13.0. The van der Waals surface area contributed by atoms with E-state index in [0.717, 1.165) is 0 Å². The predicted octanol–water partition coefficient (Wildman–Crippen LogP) is 2.64. The Morgan fingerprint density at radius 3 is 2.39 bits per heavy atom. The van der Waals surface area contributed by atoms with E-state index in [-0.39, 0.29) is 16.4 Å². The molecule has 0 bridgehead atoms. The van der Waals surface area contributed by atoms with E-state index in [2.05, 4.69) is 5.32 Å². The van der Waals surface area contributed by atoms with Crippen molar-refractivity contribution in [3.05, 3.63) is 54.1 Å². The van der Waals surface area contributed by atoms with Gasteiger partial charge in [-0.2, -0.15) is 4.31 Å². The molecule has 0 aliphatic carbocycles. The Morgan fingerprint density at radius 2 is 1.73 bits per heavy atom. The first-order chi connectivity index (χ1) is 15.5. The lowest BCUT2D eigenvalue weighted by atomic mass is 9.96. The summed E-state index contributed by atoms with van der Waals surface area (Å²) in [5.74, 6) is -1.79. The Labute approximate surface area is 193 Å². The summed E-state index contributed by atoms with van der Waals surface area (Å²) in [7, 11) is -3.75. The van der Waals surface area contributed by atoms with Gasteiger partial charge in [0.05, 0.1) is 21.8 Å². The SMILES string of the molecule is CCN(CC)S(=O)(=O)c1cccc(C(=O)OCC(=O)N2c3ccccc3NC(=O)C2(C)C)c1. The van der Waals surface area contributed by atoms with Crippen LogP contribution in [0.1, 0.15) is 38.1 Å². The number of fused-ring (bicyclic) bond motifs is 1. The van der Waals surface area contributed by atoms with Crippen LogP contribution in [0.5, 0.6) is 0 Å². The standard InChI is InChI=1S/C23H27N3O6S/c1-5-25(6-2)33(30,31)17-11-9-10-16(14-17)21(28)32-15-20(27)26-19-13-8-7-12-18(19)24-22(29)23(26,3)4/h7-14H,5-6,15H2,1-4H3,(H,24,29). The van der Waals surface area contributed by atoms with Gasteiger partial charge < -0.3 is 10.1 Å². The van der Waals surface area contributed by atoms with Gasteiger partial charge in [0.15, 0.2) is 6.61 Å². The van der Waals surface area contributed by atoms with Crippen molar-refractivity contribution >= 4 is 39.2 Å². The number of esters is 1. The quantitative estimate of drug-likeness (QED) is 0.619. The number of nitrogens with one attached hydrogen (secondary N) is 1. The Bertz CT molecular complexity index is 1190. The number of rotatable bonds is 7. The zero-order chi connectivity index (χ0) is 24.4. The Kier molecular flexibility index (Phi) is 6.89. The molecule has 10 heteroatoms. The lowest BCUT2D eigenvalue weighted by molar-refractivity contribution is -0.128. The van der Waals surface area contributed by atoms with Gasteiger partial charge in [-0.05, 0) is 44.2 Å². The van der Waals surface area contributed by atoms with Gasteiger partial charge >= 0.3 is 5.97 Å². The Balaban J connectivity index is 1.79. The second kappa shape index (κ2) is 9.32. The molecule has 0 atom stereocenters. The van der Waals surface area contributed by atoms with Crippen LogP contribution < -0.4 is 10.2 Å². The van der Waals surface area contributed by atoms with Gasteiger partial charge in [-0.25, -0.2) is 13.2 Å². The highest BCUT2D eigenvalue weighted by Gasteiger charge is 2.43. The van der Waals surface area contributed by atoms with Gasteiger partial charge in [-0.3, -0.25) is 14.5 Å². The Morgan fingerprint density at radius 1 is 1.06 bits per heavy atom. The van der Waals surface area contributed by atoms with E-state index in [4.69, 9.17) is 4.74 Å². The van der Waals surface area contributed by atoms with E-state index in [1.807, 2.05) is 0 Å². The van der Waals surface area contributed by atoms with Gasteiger partial charge in [0.2, 0.25) is 15.9 Å². The Hall–Kier alpha value is -3.24. The van der Waals surface area contributed by atoms with E-state index < -0.39 is 34.0 Å². The van der Waals surface area contributed by atoms with Crippen molar-refractivity contribution < 1.29 is 27.5 Å². The van der Waals surface area contributed by atoms with Crippen molar-refractivity contribution in [2.45, 2.75) is 38.1 Å². The molecule has 9 nitrogen and oxygen atoms in total. The number of amides is 2. The van der Waals surface area contributed by atoms with E-state index in [9.17, 15) is 22.8 Å². The monoisotopic (exact) mass is 473 g/mol. The molecule has 33 heavy (non-hydrogen) atoms. The van der Waals surface area contributed by atoms with E-state index in [0.29, 0.717) is 24.5 Å². The largest absolute Gasteiger partial charge is 0.452 e. The van der Waals surface area contributed by atoms with Crippen LogP contribution in [0.2, 0.25) is 0 Å². The van der Waals surface area contributed by atoms with E-state index in [1.165, 1.54) is 33.5 Å². The minimum absolute atomic E-state index is 0.00655. The molecule has 1 aliphatic heterocycles. The molecule has 2 aromatic rings. The zero-order valence-electron chi connectivity index (χ0n) is 19.0. The van der Waals surface area contributed by atoms with Gasteiger partial charge in [-0.15, -0.1) is 0 Å². The summed E-state index contributed by atoms with van der Waals surface area (Å²) in [6, 6.07) is 12.3. The van der Waals surface area contributed by atoms with Gasteiger partial charge in [0.1, 0.15) is 5.54 Å². The first kappa shape index (κ1) is 24.4. The molecule has 3 rings (SSSR count). The molecule has 0 saturated heterocycles. The summed E-state index contributed by atoms with van der Waals surface area (Å²) in [5.41, 5.74) is -0.214. The summed E-state index contributed by atoms with van der Waals surface area (Å²) in [6.45, 7) is 6.62. The molecule has 176 valence electrons. The lowest BCUT2D eigenvalue weighted by Gasteiger charge is -2.41. The van der Waals surface area contributed by atoms with Crippen molar-refractivity contribution in [1.29, 1.82) is 0 Å². The number of carbonyl (C=O) groups is 3. The second-order valence-corrected chi connectivity index (χ2v) is 9.89. The summed E-state index contributed by atoms with van der Waals surface area (Å²) in [4.78, 5) is 39.4. The average Bonchev–Trinajstić information content (AvgIpc) is 2.78.